The Morgan fingerprint density at radius 2 is 1.87 bits per heavy atom. The molecule has 3 rings (SSSR count). The highest BCUT2D eigenvalue weighted by molar-refractivity contribution is 7.84. The van der Waals surface area contributed by atoms with Gasteiger partial charge < -0.3 is 30.0 Å². The fourth-order valence-electron chi connectivity index (χ4n) is 3.21. The monoisotopic (exact) mass is 454 g/mol. The number of benzene rings is 1. The number of fused-ring (bicyclic) bond motifs is 1. The average molecular weight is 454 g/mol. The zero-order valence-electron chi connectivity index (χ0n) is 16.7. The molecular formula is C17H22N6O7S. The van der Waals surface area contributed by atoms with E-state index in [0.717, 1.165) is 4.31 Å². The molecule has 13 nitrogen and oxygen atoms in total. The number of nitrogens with two attached hydrogens (primary N) is 2. The first-order chi connectivity index (χ1) is 14.7. The van der Waals surface area contributed by atoms with Crippen LogP contribution in [-0.4, -0.2) is 74.6 Å². The molecule has 2 heterocycles. The molecule has 0 aliphatic carbocycles. The molecule has 1 aliphatic heterocycles. The summed E-state index contributed by atoms with van der Waals surface area (Å²) in [5.41, 5.74) is 10.5. The highest BCUT2D eigenvalue weighted by Crippen LogP contribution is 2.35. The minimum Gasteiger partial charge on any atom is -0.493 e. The first kappa shape index (κ1) is 22.3. The quantitative estimate of drug-likeness (QED) is 0.546. The third-order valence-electron chi connectivity index (χ3n) is 4.53. The summed E-state index contributed by atoms with van der Waals surface area (Å²) in [5.74, 6) is 0.601. The van der Waals surface area contributed by atoms with Crippen LogP contribution in [-0.2, 0) is 19.3 Å². The lowest BCUT2D eigenvalue weighted by molar-refractivity contribution is -0.119. The predicted molar refractivity (Wildman–Crippen MR) is 109 cm³/mol. The number of aromatic nitrogens is 2. The van der Waals surface area contributed by atoms with Crippen molar-refractivity contribution in [1.82, 2.24) is 14.3 Å². The van der Waals surface area contributed by atoms with Crippen LogP contribution >= 0.6 is 0 Å². The van der Waals surface area contributed by atoms with Crippen molar-refractivity contribution < 1.29 is 31.7 Å². The van der Waals surface area contributed by atoms with Gasteiger partial charge in [-0.2, -0.15) is 12.7 Å². The van der Waals surface area contributed by atoms with Gasteiger partial charge in [-0.25, -0.2) is 14.8 Å². The van der Waals surface area contributed by atoms with Gasteiger partial charge in [0, 0.05) is 37.6 Å². The molecule has 0 saturated carbocycles. The Labute approximate surface area is 178 Å². The zero-order chi connectivity index (χ0) is 22.6. The zero-order valence-corrected chi connectivity index (χ0v) is 17.5. The van der Waals surface area contributed by atoms with E-state index in [1.807, 2.05) is 4.90 Å². The molecule has 1 fully saturated rings. The van der Waals surface area contributed by atoms with Crippen LogP contribution in [0, 0.1) is 0 Å². The molecule has 0 bridgehead atoms. The Bertz CT molecular complexity index is 1090. The summed E-state index contributed by atoms with van der Waals surface area (Å²) in [4.78, 5) is 32.4. The van der Waals surface area contributed by atoms with Crippen LogP contribution in [0.25, 0.3) is 10.9 Å². The molecule has 0 atom stereocenters. The smallest absolute Gasteiger partial charge is 0.421 e. The number of hydrogen-bond acceptors (Lipinski definition) is 10. The number of nitrogens with zero attached hydrogens (tertiary/aromatic N) is 4. The van der Waals surface area contributed by atoms with Gasteiger partial charge >= 0.3 is 16.4 Å². The van der Waals surface area contributed by atoms with Crippen molar-refractivity contribution >= 4 is 39.0 Å². The highest BCUT2D eigenvalue weighted by atomic mass is 32.2. The Kier molecular flexibility index (Phi) is 6.60. The van der Waals surface area contributed by atoms with E-state index in [9.17, 15) is 18.0 Å². The third-order valence-corrected chi connectivity index (χ3v) is 5.90. The Balaban J connectivity index is 1.88. The van der Waals surface area contributed by atoms with E-state index in [4.69, 9.17) is 20.9 Å². The highest BCUT2D eigenvalue weighted by Gasteiger charge is 2.29. The average Bonchev–Trinajstić information content (AvgIpc) is 2.97. The normalized spacial score (nSPS) is 15.3. The van der Waals surface area contributed by atoms with E-state index in [-0.39, 0.29) is 26.2 Å². The van der Waals surface area contributed by atoms with Gasteiger partial charge in [-0.15, -0.1) is 0 Å². The van der Waals surface area contributed by atoms with Crippen LogP contribution in [0.5, 0.6) is 11.5 Å². The summed E-state index contributed by atoms with van der Waals surface area (Å²) in [6.07, 6.45) is 0.450. The third kappa shape index (κ3) is 5.21. The first-order valence-corrected chi connectivity index (χ1v) is 10.6. The number of ether oxygens (including phenoxy) is 2. The molecular weight excluding hydrogens is 432 g/mol. The van der Waals surface area contributed by atoms with Crippen molar-refractivity contribution in [3.05, 3.63) is 18.5 Å². The lowest BCUT2D eigenvalue weighted by Gasteiger charge is -2.23. The summed E-state index contributed by atoms with van der Waals surface area (Å²) in [5, 5.41) is 0.649. The number of carbonyl (C=O) groups is 2. The summed E-state index contributed by atoms with van der Waals surface area (Å²) in [7, 11) is -2.81. The Morgan fingerprint density at radius 1 is 1.10 bits per heavy atom. The molecule has 168 valence electrons. The molecule has 2 aromatic rings. The minimum atomic E-state index is -4.26. The van der Waals surface area contributed by atoms with E-state index in [1.165, 1.54) is 13.4 Å². The van der Waals surface area contributed by atoms with Crippen molar-refractivity contribution in [3.63, 3.8) is 0 Å². The standard InChI is InChI=1S/C17H22N6O7S/c1-28-13-7-11-12(8-14(13)29-9-15(18)24)20-10-21-16(11)22-3-2-4-23(6-5-22)31(26,27)30-17(19)25/h7-8,10H,2-6,9H2,1H3,(H2,18,24)(H2,19,25). The molecule has 0 unspecified atom stereocenters. The van der Waals surface area contributed by atoms with Crippen LogP contribution in [0.4, 0.5) is 10.6 Å². The van der Waals surface area contributed by atoms with E-state index >= 15 is 0 Å². The van der Waals surface area contributed by atoms with Crippen LogP contribution < -0.4 is 25.8 Å². The molecule has 31 heavy (non-hydrogen) atoms. The maximum absolute atomic E-state index is 12.1. The van der Waals surface area contributed by atoms with E-state index in [1.54, 1.807) is 12.1 Å². The van der Waals surface area contributed by atoms with Gasteiger partial charge in [-0.1, -0.05) is 0 Å². The van der Waals surface area contributed by atoms with Crippen LogP contribution in [0.15, 0.2) is 18.5 Å². The largest absolute Gasteiger partial charge is 0.493 e. The van der Waals surface area contributed by atoms with Crippen molar-refractivity contribution in [2.45, 2.75) is 6.42 Å². The maximum atomic E-state index is 12.1. The molecule has 4 N–H and O–H groups in total. The molecule has 1 aromatic carbocycles. The van der Waals surface area contributed by atoms with Gasteiger partial charge in [0.25, 0.3) is 5.91 Å². The van der Waals surface area contributed by atoms with E-state index in [2.05, 4.69) is 14.2 Å². The Morgan fingerprint density at radius 3 is 2.55 bits per heavy atom. The minimum absolute atomic E-state index is 0.0675. The van der Waals surface area contributed by atoms with Crippen molar-refractivity contribution in [2.24, 2.45) is 11.5 Å². The Hall–Kier alpha value is -3.39. The predicted octanol–water partition coefficient (Wildman–Crippen LogP) is -0.645. The maximum Gasteiger partial charge on any atom is 0.421 e. The molecule has 2 amide bonds. The van der Waals surface area contributed by atoms with Crippen LogP contribution in [0.2, 0.25) is 0 Å². The summed E-state index contributed by atoms with van der Waals surface area (Å²) >= 11 is 0. The summed E-state index contributed by atoms with van der Waals surface area (Å²) < 4.78 is 40.3. The number of anilines is 1. The molecule has 0 radical (unpaired) electrons. The second kappa shape index (κ2) is 9.18. The van der Waals surface area contributed by atoms with Gasteiger partial charge in [0.05, 0.1) is 12.6 Å². The number of primary amides is 2. The number of methoxy groups -OCH3 is 1. The van der Waals surface area contributed by atoms with Gasteiger partial charge in [-0.3, -0.25) is 4.79 Å². The second-order valence-electron chi connectivity index (χ2n) is 6.57. The number of hydrogen-bond donors (Lipinski definition) is 2. The molecule has 1 aliphatic rings. The fourth-order valence-corrected chi connectivity index (χ4v) is 4.18. The van der Waals surface area contributed by atoms with E-state index < -0.39 is 22.3 Å². The SMILES string of the molecule is COc1cc2c(N3CCCN(S(=O)(=O)OC(N)=O)CC3)ncnc2cc1OCC(N)=O. The van der Waals surface area contributed by atoms with Gasteiger partial charge in [0.15, 0.2) is 18.1 Å². The van der Waals surface area contributed by atoms with Crippen LogP contribution in [0.3, 0.4) is 0 Å². The number of carbonyl (C=O) groups excluding carboxylic acids is 2. The van der Waals surface area contributed by atoms with E-state index in [0.29, 0.717) is 41.2 Å². The lowest BCUT2D eigenvalue weighted by Crippen LogP contribution is -2.38. The number of amides is 2. The van der Waals surface area contributed by atoms with Gasteiger partial charge in [-0.05, 0) is 12.5 Å². The topological polar surface area (TPSA) is 180 Å². The molecule has 14 heteroatoms. The summed E-state index contributed by atoms with van der Waals surface area (Å²) in [6, 6.07) is 3.29. The van der Waals surface area contributed by atoms with Crippen molar-refractivity contribution in [3.8, 4) is 11.5 Å². The number of rotatable bonds is 7. The first-order valence-electron chi connectivity index (χ1n) is 9.19. The van der Waals surface area contributed by atoms with Crippen molar-refractivity contribution in [2.75, 3.05) is 44.8 Å². The summed E-state index contributed by atoms with van der Waals surface area (Å²) in [6.45, 7) is 0.692. The lowest BCUT2D eigenvalue weighted by atomic mass is 10.2. The van der Waals surface area contributed by atoms with Gasteiger partial charge in [0.1, 0.15) is 12.1 Å². The fraction of sp³-hybridized carbons (Fsp3) is 0.412. The molecule has 0 spiro atoms. The molecule has 1 aromatic heterocycles. The van der Waals surface area contributed by atoms with Crippen molar-refractivity contribution in [1.29, 1.82) is 0 Å². The molecule has 1 saturated heterocycles. The van der Waals surface area contributed by atoms with Gasteiger partial charge in [0.2, 0.25) is 0 Å². The van der Waals surface area contributed by atoms with Crippen LogP contribution in [0.1, 0.15) is 6.42 Å². The second-order valence-corrected chi connectivity index (χ2v) is 8.11.